The number of pyridine rings is 1. The van der Waals surface area contributed by atoms with Gasteiger partial charge < -0.3 is 0 Å². The molecule has 2 heterocycles. The first-order chi connectivity index (χ1) is 12.4. The summed E-state index contributed by atoms with van der Waals surface area (Å²) in [6, 6.07) is 11.6. The SMILES string of the molecule is Cc1ccc2cc(Cn3cnc4ccc(Br)cc4c3=O)c(Cl)nc2c1C. The molecule has 2 aromatic carbocycles. The Kier molecular flexibility index (Phi) is 4.29. The molecule has 0 spiro atoms. The van der Waals surface area contributed by atoms with E-state index in [1.54, 1.807) is 17.0 Å². The third-order valence-corrected chi connectivity index (χ3v) is 5.48. The van der Waals surface area contributed by atoms with E-state index in [-0.39, 0.29) is 5.56 Å². The van der Waals surface area contributed by atoms with E-state index in [1.807, 2.05) is 31.2 Å². The van der Waals surface area contributed by atoms with Crippen molar-refractivity contribution in [2.45, 2.75) is 20.4 Å². The predicted molar refractivity (Wildman–Crippen MR) is 109 cm³/mol. The number of aromatic nitrogens is 3. The zero-order valence-electron chi connectivity index (χ0n) is 14.3. The van der Waals surface area contributed by atoms with Gasteiger partial charge in [0.25, 0.3) is 5.56 Å². The van der Waals surface area contributed by atoms with Crippen molar-refractivity contribution in [3.05, 3.63) is 79.4 Å². The van der Waals surface area contributed by atoms with Gasteiger partial charge in [0.1, 0.15) is 5.15 Å². The van der Waals surface area contributed by atoms with Gasteiger partial charge in [-0.25, -0.2) is 9.97 Å². The molecular formula is C20H15BrClN3O. The number of hydrogen-bond donors (Lipinski definition) is 0. The molecule has 0 atom stereocenters. The van der Waals surface area contributed by atoms with Crippen LogP contribution in [-0.2, 0) is 6.54 Å². The van der Waals surface area contributed by atoms with Crippen LogP contribution >= 0.6 is 27.5 Å². The monoisotopic (exact) mass is 427 g/mol. The van der Waals surface area contributed by atoms with Crippen molar-refractivity contribution in [1.29, 1.82) is 0 Å². The Hall–Kier alpha value is -2.24. The Morgan fingerprint density at radius 2 is 1.96 bits per heavy atom. The Balaban J connectivity index is 1.84. The second-order valence-corrected chi connectivity index (χ2v) is 7.63. The number of nitrogens with zero attached hydrogens (tertiary/aromatic N) is 3. The lowest BCUT2D eigenvalue weighted by Crippen LogP contribution is -2.21. The normalized spacial score (nSPS) is 11.4. The second-order valence-electron chi connectivity index (χ2n) is 6.36. The van der Waals surface area contributed by atoms with Crippen LogP contribution in [0.3, 0.4) is 0 Å². The largest absolute Gasteiger partial charge is 0.294 e. The fraction of sp³-hybridized carbons (Fsp3) is 0.150. The molecule has 0 N–H and O–H groups in total. The van der Waals surface area contributed by atoms with Crippen molar-refractivity contribution in [2.24, 2.45) is 0 Å². The third-order valence-electron chi connectivity index (χ3n) is 4.66. The molecule has 4 nitrogen and oxygen atoms in total. The van der Waals surface area contributed by atoms with Crippen molar-refractivity contribution < 1.29 is 0 Å². The molecule has 0 aliphatic heterocycles. The maximum atomic E-state index is 12.8. The van der Waals surface area contributed by atoms with Gasteiger partial charge >= 0.3 is 0 Å². The minimum absolute atomic E-state index is 0.104. The van der Waals surface area contributed by atoms with Crippen LogP contribution in [0.25, 0.3) is 21.8 Å². The minimum Gasteiger partial charge on any atom is -0.294 e. The van der Waals surface area contributed by atoms with Gasteiger partial charge in [0, 0.05) is 15.4 Å². The fourth-order valence-corrected chi connectivity index (χ4v) is 3.60. The molecule has 0 saturated heterocycles. The first kappa shape index (κ1) is 17.2. The summed E-state index contributed by atoms with van der Waals surface area (Å²) in [6.07, 6.45) is 1.56. The summed E-state index contributed by atoms with van der Waals surface area (Å²) in [7, 11) is 0. The van der Waals surface area contributed by atoms with Crippen LogP contribution < -0.4 is 5.56 Å². The Labute approximate surface area is 163 Å². The summed E-state index contributed by atoms with van der Waals surface area (Å²) < 4.78 is 2.41. The summed E-state index contributed by atoms with van der Waals surface area (Å²) in [5.41, 5.74) is 4.54. The van der Waals surface area contributed by atoms with Crippen LogP contribution in [0.2, 0.25) is 5.15 Å². The molecule has 0 aliphatic carbocycles. The maximum absolute atomic E-state index is 12.8. The van der Waals surface area contributed by atoms with Crippen LogP contribution in [0.5, 0.6) is 0 Å². The molecule has 0 fully saturated rings. The van der Waals surface area contributed by atoms with Crippen molar-refractivity contribution in [2.75, 3.05) is 0 Å². The highest BCUT2D eigenvalue weighted by molar-refractivity contribution is 9.10. The van der Waals surface area contributed by atoms with Crippen LogP contribution in [0.15, 0.2) is 52.0 Å². The number of benzene rings is 2. The topological polar surface area (TPSA) is 47.8 Å². The standard InChI is InChI=1S/C20H15BrClN3O/c1-11-3-4-13-7-14(19(22)24-18(13)12(11)2)9-25-10-23-17-6-5-15(21)8-16(17)20(25)26/h3-8,10H,9H2,1-2H3. The van der Waals surface area contributed by atoms with Gasteiger partial charge in [-0.05, 0) is 49.2 Å². The first-order valence-electron chi connectivity index (χ1n) is 8.14. The van der Waals surface area contributed by atoms with Crippen molar-refractivity contribution in [3.63, 3.8) is 0 Å². The van der Waals surface area contributed by atoms with Crippen molar-refractivity contribution in [3.8, 4) is 0 Å². The Morgan fingerprint density at radius 1 is 1.15 bits per heavy atom. The predicted octanol–water partition coefficient (Wildman–Crippen LogP) is 5.03. The van der Waals surface area contributed by atoms with Crippen LogP contribution in [0, 0.1) is 13.8 Å². The van der Waals surface area contributed by atoms with E-state index in [0.29, 0.717) is 22.6 Å². The smallest absolute Gasteiger partial charge is 0.261 e. The summed E-state index contributed by atoms with van der Waals surface area (Å²) in [5, 5.41) is 1.99. The number of halogens is 2. The lowest BCUT2D eigenvalue weighted by atomic mass is 10.0. The van der Waals surface area contributed by atoms with E-state index in [4.69, 9.17) is 11.6 Å². The zero-order valence-corrected chi connectivity index (χ0v) is 16.6. The molecule has 26 heavy (non-hydrogen) atoms. The van der Waals surface area contributed by atoms with Gasteiger partial charge in [0.15, 0.2) is 0 Å². The van der Waals surface area contributed by atoms with Gasteiger partial charge in [0.05, 0.1) is 29.3 Å². The van der Waals surface area contributed by atoms with Gasteiger partial charge in [-0.2, -0.15) is 0 Å². The van der Waals surface area contributed by atoms with Crippen LogP contribution in [-0.4, -0.2) is 14.5 Å². The summed E-state index contributed by atoms with van der Waals surface area (Å²) in [6.45, 7) is 4.41. The number of rotatable bonds is 2. The Bertz CT molecular complexity index is 1230. The van der Waals surface area contributed by atoms with Crippen molar-refractivity contribution >= 4 is 49.3 Å². The highest BCUT2D eigenvalue weighted by Crippen LogP contribution is 2.25. The van der Waals surface area contributed by atoms with E-state index in [1.165, 1.54) is 5.56 Å². The lowest BCUT2D eigenvalue weighted by Gasteiger charge is -2.11. The van der Waals surface area contributed by atoms with Crippen LogP contribution in [0.1, 0.15) is 16.7 Å². The average Bonchev–Trinajstić information content (AvgIpc) is 2.62. The summed E-state index contributed by atoms with van der Waals surface area (Å²) in [5.74, 6) is 0. The molecule has 6 heteroatoms. The Morgan fingerprint density at radius 3 is 2.77 bits per heavy atom. The van der Waals surface area contributed by atoms with Gasteiger partial charge in [-0.15, -0.1) is 0 Å². The first-order valence-corrected chi connectivity index (χ1v) is 9.31. The van der Waals surface area contributed by atoms with Gasteiger partial charge in [-0.1, -0.05) is 39.7 Å². The van der Waals surface area contributed by atoms with E-state index in [0.717, 1.165) is 26.5 Å². The molecule has 4 rings (SSSR count). The van der Waals surface area contributed by atoms with Gasteiger partial charge in [0.2, 0.25) is 0 Å². The van der Waals surface area contributed by atoms with Crippen molar-refractivity contribution in [1.82, 2.24) is 14.5 Å². The second kappa shape index (κ2) is 6.49. The molecule has 0 unspecified atom stereocenters. The van der Waals surface area contributed by atoms with E-state index < -0.39 is 0 Å². The molecule has 0 saturated carbocycles. The molecule has 0 radical (unpaired) electrons. The molecule has 2 aromatic heterocycles. The molecule has 0 amide bonds. The third kappa shape index (κ3) is 2.91. The number of fused-ring (bicyclic) bond motifs is 2. The average molecular weight is 429 g/mol. The van der Waals surface area contributed by atoms with E-state index in [9.17, 15) is 4.79 Å². The fourth-order valence-electron chi connectivity index (χ4n) is 3.04. The molecular weight excluding hydrogens is 414 g/mol. The maximum Gasteiger partial charge on any atom is 0.261 e. The van der Waals surface area contributed by atoms with E-state index >= 15 is 0 Å². The zero-order chi connectivity index (χ0) is 18.4. The number of hydrogen-bond acceptors (Lipinski definition) is 3. The molecule has 4 aromatic rings. The summed E-state index contributed by atoms with van der Waals surface area (Å²) >= 11 is 9.82. The van der Waals surface area contributed by atoms with Gasteiger partial charge in [-0.3, -0.25) is 9.36 Å². The lowest BCUT2D eigenvalue weighted by molar-refractivity contribution is 0.747. The molecule has 130 valence electrons. The van der Waals surface area contributed by atoms with E-state index in [2.05, 4.69) is 38.9 Å². The van der Waals surface area contributed by atoms with Crippen LogP contribution in [0.4, 0.5) is 0 Å². The number of aryl methyl sites for hydroxylation is 2. The molecule has 0 bridgehead atoms. The quantitative estimate of drug-likeness (QED) is 0.421. The molecule has 0 aliphatic rings. The highest BCUT2D eigenvalue weighted by atomic mass is 79.9. The minimum atomic E-state index is -0.104. The highest BCUT2D eigenvalue weighted by Gasteiger charge is 2.11. The summed E-state index contributed by atoms with van der Waals surface area (Å²) in [4.78, 5) is 21.7.